The third-order valence-corrected chi connectivity index (χ3v) is 4.24. The Labute approximate surface area is 134 Å². The van der Waals surface area contributed by atoms with E-state index in [4.69, 9.17) is 4.74 Å². The Balaban J connectivity index is 1.98. The number of fused-ring (bicyclic) bond motifs is 1. The fourth-order valence-electron chi connectivity index (χ4n) is 3.05. The van der Waals surface area contributed by atoms with Gasteiger partial charge in [0, 0.05) is 6.04 Å². The van der Waals surface area contributed by atoms with Gasteiger partial charge in [0.1, 0.15) is 11.6 Å². The molecule has 1 atom stereocenters. The molecule has 0 spiro atoms. The van der Waals surface area contributed by atoms with Gasteiger partial charge in [-0.15, -0.1) is 0 Å². The highest BCUT2D eigenvalue weighted by atomic mass is 16.5. The van der Waals surface area contributed by atoms with E-state index in [2.05, 4.69) is 10.3 Å². The predicted octanol–water partition coefficient (Wildman–Crippen LogP) is 2.23. The van der Waals surface area contributed by atoms with Gasteiger partial charge in [-0.25, -0.2) is 4.79 Å². The zero-order valence-electron chi connectivity index (χ0n) is 13.6. The predicted molar refractivity (Wildman–Crippen MR) is 89.4 cm³/mol. The molecule has 6 heteroatoms. The van der Waals surface area contributed by atoms with Crippen molar-refractivity contribution in [2.24, 2.45) is 0 Å². The van der Waals surface area contributed by atoms with Crippen LogP contribution in [0.3, 0.4) is 0 Å². The number of rotatable bonds is 3. The summed E-state index contributed by atoms with van der Waals surface area (Å²) in [5.74, 6) is 1.33. The van der Waals surface area contributed by atoms with E-state index in [0.717, 1.165) is 17.7 Å². The lowest BCUT2D eigenvalue weighted by Gasteiger charge is -2.27. The molecular weight excluding hydrogens is 294 g/mol. The van der Waals surface area contributed by atoms with Crippen LogP contribution in [0.5, 0.6) is 5.75 Å². The molecule has 2 N–H and O–H groups in total. The Morgan fingerprint density at radius 2 is 2.09 bits per heavy atom. The molecule has 0 saturated carbocycles. The number of anilines is 1. The number of benzene rings is 1. The lowest BCUT2D eigenvalue weighted by molar-refractivity contribution is 0.413. The summed E-state index contributed by atoms with van der Waals surface area (Å²) in [4.78, 5) is 27.5. The van der Waals surface area contributed by atoms with E-state index in [1.807, 2.05) is 38.1 Å². The van der Waals surface area contributed by atoms with Crippen LogP contribution in [0, 0.1) is 0 Å². The maximum atomic E-state index is 12.5. The van der Waals surface area contributed by atoms with Crippen LogP contribution in [0.2, 0.25) is 0 Å². The summed E-state index contributed by atoms with van der Waals surface area (Å²) < 4.78 is 6.53. The second kappa shape index (κ2) is 5.95. The van der Waals surface area contributed by atoms with Gasteiger partial charge >= 0.3 is 5.69 Å². The minimum absolute atomic E-state index is 0.0440. The molecule has 0 fully saturated rings. The Morgan fingerprint density at radius 1 is 1.30 bits per heavy atom. The minimum atomic E-state index is -0.373. The van der Waals surface area contributed by atoms with Crippen molar-refractivity contribution < 1.29 is 4.74 Å². The summed E-state index contributed by atoms with van der Waals surface area (Å²) in [6.45, 7) is 3.66. The molecule has 0 aliphatic carbocycles. The second-order valence-corrected chi connectivity index (χ2v) is 6.06. The molecular formula is C17H21N3O3. The first-order valence-electron chi connectivity index (χ1n) is 7.79. The Kier molecular flexibility index (Phi) is 3.98. The van der Waals surface area contributed by atoms with E-state index in [-0.39, 0.29) is 23.3 Å². The number of aromatic amines is 1. The topological polar surface area (TPSA) is 76.1 Å². The van der Waals surface area contributed by atoms with E-state index >= 15 is 0 Å². The number of ether oxygens (including phenoxy) is 1. The van der Waals surface area contributed by atoms with Crippen LogP contribution in [0.4, 0.5) is 5.82 Å². The number of hydrogen-bond acceptors (Lipinski definition) is 4. The molecule has 122 valence electrons. The Hall–Kier alpha value is -2.50. The molecule has 6 nitrogen and oxygen atoms in total. The zero-order chi connectivity index (χ0) is 16.6. The fraction of sp³-hybridized carbons (Fsp3) is 0.412. The number of aromatic nitrogens is 2. The standard InChI is InChI=1S/C17H21N3O3/c1-10(2)20-16(21)13-7-8-14(18-15(13)19-17(20)22)11-5-4-6-12(9-11)23-3/h4-6,9-10,14,18H,7-8H2,1-3H3,(H,19,22)/t14-/m1/s1. The molecule has 1 aromatic carbocycles. The van der Waals surface area contributed by atoms with E-state index in [1.165, 1.54) is 4.57 Å². The highest BCUT2D eigenvalue weighted by molar-refractivity contribution is 5.48. The molecule has 23 heavy (non-hydrogen) atoms. The SMILES string of the molecule is COc1cccc([C@H]2CCc3c([nH]c(=O)n(C(C)C)c3=O)N2)c1. The largest absolute Gasteiger partial charge is 0.497 e. The van der Waals surface area contributed by atoms with Crippen molar-refractivity contribution in [3.05, 3.63) is 56.2 Å². The van der Waals surface area contributed by atoms with Crippen molar-refractivity contribution in [1.82, 2.24) is 9.55 Å². The molecule has 1 aliphatic rings. The Bertz CT molecular complexity index is 836. The third-order valence-electron chi connectivity index (χ3n) is 4.24. The molecule has 1 aromatic heterocycles. The molecule has 3 rings (SSSR count). The summed E-state index contributed by atoms with van der Waals surface area (Å²) in [7, 11) is 1.63. The number of methoxy groups -OCH3 is 1. The minimum Gasteiger partial charge on any atom is -0.497 e. The first kappa shape index (κ1) is 15.4. The van der Waals surface area contributed by atoms with E-state index in [9.17, 15) is 9.59 Å². The maximum absolute atomic E-state index is 12.5. The smallest absolute Gasteiger partial charge is 0.330 e. The van der Waals surface area contributed by atoms with E-state index in [0.29, 0.717) is 17.8 Å². The van der Waals surface area contributed by atoms with Crippen molar-refractivity contribution in [3.8, 4) is 5.75 Å². The van der Waals surface area contributed by atoms with Crippen molar-refractivity contribution in [2.75, 3.05) is 12.4 Å². The molecule has 0 bridgehead atoms. The summed E-state index contributed by atoms with van der Waals surface area (Å²) in [6, 6.07) is 7.69. The van der Waals surface area contributed by atoms with Gasteiger partial charge in [-0.2, -0.15) is 0 Å². The molecule has 2 aromatic rings. The number of H-pyrrole nitrogens is 1. The Morgan fingerprint density at radius 3 is 2.78 bits per heavy atom. The lowest BCUT2D eigenvalue weighted by atomic mass is 9.95. The number of nitrogens with one attached hydrogen (secondary N) is 2. The van der Waals surface area contributed by atoms with Crippen molar-refractivity contribution in [3.63, 3.8) is 0 Å². The maximum Gasteiger partial charge on any atom is 0.330 e. The van der Waals surface area contributed by atoms with Crippen LogP contribution >= 0.6 is 0 Å². The molecule has 0 radical (unpaired) electrons. The van der Waals surface area contributed by atoms with Crippen LogP contribution < -0.4 is 21.3 Å². The average molecular weight is 315 g/mol. The van der Waals surface area contributed by atoms with E-state index in [1.54, 1.807) is 7.11 Å². The third kappa shape index (κ3) is 2.76. The highest BCUT2D eigenvalue weighted by Crippen LogP contribution is 2.30. The van der Waals surface area contributed by atoms with Gasteiger partial charge in [0.2, 0.25) is 0 Å². The van der Waals surface area contributed by atoms with E-state index < -0.39 is 0 Å². The van der Waals surface area contributed by atoms with Crippen molar-refractivity contribution >= 4 is 5.82 Å². The fourth-order valence-corrected chi connectivity index (χ4v) is 3.05. The van der Waals surface area contributed by atoms with Gasteiger partial charge in [-0.05, 0) is 44.4 Å². The van der Waals surface area contributed by atoms with Crippen LogP contribution in [0.25, 0.3) is 0 Å². The number of nitrogens with zero attached hydrogens (tertiary/aromatic N) is 1. The summed E-state index contributed by atoms with van der Waals surface area (Å²) in [5.41, 5.74) is 1.15. The van der Waals surface area contributed by atoms with Gasteiger partial charge in [0.15, 0.2) is 0 Å². The molecule has 0 amide bonds. The summed E-state index contributed by atoms with van der Waals surface area (Å²) in [5, 5.41) is 3.29. The van der Waals surface area contributed by atoms with Crippen molar-refractivity contribution in [1.29, 1.82) is 0 Å². The van der Waals surface area contributed by atoms with Crippen LogP contribution in [-0.4, -0.2) is 16.7 Å². The van der Waals surface area contributed by atoms with Gasteiger partial charge in [-0.1, -0.05) is 12.1 Å². The first-order chi connectivity index (χ1) is 11.0. The second-order valence-electron chi connectivity index (χ2n) is 6.06. The quantitative estimate of drug-likeness (QED) is 0.910. The lowest BCUT2D eigenvalue weighted by Crippen LogP contribution is -2.41. The van der Waals surface area contributed by atoms with Gasteiger partial charge in [0.05, 0.1) is 18.7 Å². The van der Waals surface area contributed by atoms with Crippen LogP contribution in [-0.2, 0) is 6.42 Å². The summed E-state index contributed by atoms with van der Waals surface area (Å²) in [6.07, 6.45) is 1.42. The first-order valence-corrected chi connectivity index (χ1v) is 7.79. The van der Waals surface area contributed by atoms with Crippen LogP contribution in [0.1, 0.15) is 43.5 Å². The molecule has 0 saturated heterocycles. The average Bonchev–Trinajstić information content (AvgIpc) is 2.54. The summed E-state index contributed by atoms with van der Waals surface area (Å²) >= 11 is 0. The molecule has 1 aliphatic heterocycles. The van der Waals surface area contributed by atoms with Crippen molar-refractivity contribution in [2.45, 2.75) is 38.8 Å². The van der Waals surface area contributed by atoms with Gasteiger partial charge in [-0.3, -0.25) is 14.3 Å². The molecule has 0 unspecified atom stereocenters. The number of hydrogen-bond donors (Lipinski definition) is 2. The molecule has 2 heterocycles. The highest BCUT2D eigenvalue weighted by Gasteiger charge is 2.24. The van der Waals surface area contributed by atoms with Gasteiger partial charge in [0.25, 0.3) is 5.56 Å². The van der Waals surface area contributed by atoms with Crippen LogP contribution in [0.15, 0.2) is 33.9 Å². The van der Waals surface area contributed by atoms with Gasteiger partial charge < -0.3 is 10.1 Å². The normalized spacial score (nSPS) is 16.8. The zero-order valence-corrected chi connectivity index (χ0v) is 13.6. The monoisotopic (exact) mass is 315 g/mol.